The zero-order valence-corrected chi connectivity index (χ0v) is 14.9. The molecule has 8 heteroatoms. The van der Waals surface area contributed by atoms with Gasteiger partial charge in [-0.1, -0.05) is 12.1 Å². The number of carboxylic acid groups (broad SMARTS) is 1. The van der Waals surface area contributed by atoms with E-state index in [1.165, 1.54) is 11.7 Å². The summed E-state index contributed by atoms with van der Waals surface area (Å²) in [7, 11) is 1.79. The quantitative estimate of drug-likeness (QED) is 0.738. The van der Waals surface area contributed by atoms with Gasteiger partial charge < -0.3 is 14.6 Å². The molecule has 7 nitrogen and oxygen atoms in total. The van der Waals surface area contributed by atoms with Gasteiger partial charge in [0.1, 0.15) is 30.3 Å². The largest absolute Gasteiger partial charge is 0.486 e. The van der Waals surface area contributed by atoms with Gasteiger partial charge in [0, 0.05) is 6.54 Å². The summed E-state index contributed by atoms with van der Waals surface area (Å²) in [5, 5.41) is 9.78. The van der Waals surface area contributed by atoms with Gasteiger partial charge in [0.2, 0.25) is 0 Å². The Hall–Kier alpha value is -2.71. The molecule has 2 aromatic carbocycles. The number of likely N-dealkylation sites (N-methyl/N-ethyl adjacent to an activating group) is 1. The number of fused-ring (bicyclic) bond motifs is 2. The average molecular weight is 371 g/mol. The Morgan fingerprint density at radius 2 is 1.92 bits per heavy atom. The summed E-state index contributed by atoms with van der Waals surface area (Å²) < 4.78 is 19.5. The number of hydrogen-bond acceptors (Lipinski definition) is 7. The summed E-state index contributed by atoms with van der Waals surface area (Å²) in [5.74, 6) is 0.317. The first-order valence-electron chi connectivity index (χ1n) is 8.15. The predicted molar refractivity (Wildman–Crippen MR) is 96.7 cm³/mol. The molecule has 26 heavy (non-hydrogen) atoms. The highest BCUT2D eigenvalue weighted by Crippen LogP contribution is 2.34. The maximum absolute atomic E-state index is 11.9. The van der Waals surface area contributed by atoms with Crippen LogP contribution in [0.25, 0.3) is 11.0 Å². The maximum atomic E-state index is 11.9. The molecule has 0 radical (unpaired) electrons. The van der Waals surface area contributed by atoms with Crippen LogP contribution in [0.15, 0.2) is 36.4 Å². The highest BCUT2D eigenvalue weighted by Gasteiger charge is 2.26. The van der Waals surface area contributed by atoms with Gasteiger partial charge in [0.15, 0.2) is 11.5 Å². The molecule has 134 valence electrons. The van der Waals surface area contributed by atoms with Gasteiger partial charge in [-0.15, -0.1) is 0 Å². The van der Waals surface area contributed by atoms with Gasteiger partial charge in [0.05, 0.1) is 11.7 Å². The summed E-state index contributed by atoms with van der Waals surface area (Å²) in [5.41, 5.74) is 3.31. The van der Waals surface area contributed by atoms with Gasteiger partial charge in [-0.05, 0) is 42.4 Å². The van der Waals surface area contributed by atoms with Crippen molar-refractivity contribution in [3.8, 4) is 11.5 Å². The Morgan fingerprint density at radius 3 is 2.73 bits per heavy atom. The second-order valence-corrected chi connectivity index (χ2v) is 6.67. The van der Waals surface area contributed by atoms with Crippen molar-refractivity contribution >= 4 is 28.7 Å². The van der Waals surface area contributed by atoms with E-state index in [9.17, 15) is 9.90 Å². The summed E-state index contributed by atoms with van der Waals surface area (Å²) in [6.45, 7) is 1.44. The Kier molecular flexibility index (Phi) is 4.44. The number of carboxylic acids is 1. The smallest absolute Gasteiger partial charge is 0.325 e. The van der Waals surface area contributed by atoms with E-state index >= 15 is 0 Å². The van der Waals surface area contributed by atoms with Crippen molar-refractivity contribution in [1.82, 2.24) is 13.6 Å². The van der Waals surface area contributed by atoms with Crippen LogP contribution in [0.5, 0.6) is 11.5 Å². The lowest BCUT2D eigenvalue weighted by molar-refractivity contribution is -0.143. The molecule has 4 rings (SSSR count). The molecule has 3 aromatic rings. The number of carbonyl (C=O) groups is 1. The Morgan fingerprint density at radius 1 is 1.15 bits per heavy atom. The molecule has 1 aliphatic heterocycles. The van der Waals surface area contributed by atoms with Crippen molar-refractivity contribution in [3.05, 3.63) is 47.5 Å². The minimum Gasteiger partial charge on any atom is -0.486 e. The van der Waals surface area contributed by atoms with E-state index in [0.29, 0.717) is 36.8 Å². The third kappa shape index (κ3) is 3.21. The van der Waals surface area contributed by atoms with Gasteiger partial charge in [-0.3, -0.25) is 9.69 Å². The number of benzene rings is 2. The van der Waals surface area contributed by atoms with Gasteiger partial charge in [-0.25, -0.2) is 0 Å². The van der Waals surface area contributed by atoms with E-state index in [4.69, 9.17) is 9.47 Å². The topological polar surface area (TPSA) is 84.8 Å². The van der Waals surface area contributed by atoms with Crippen LogP contribution < -0.4 is 9.47 Å². The molecule has 0 amide bonds. The lowest BCUT2D eigenvalue weighted by Gasteiger charge is -2.26. The maximum Gasteiger partial charge on any atom is 0.325 e. The van der Waals surface area contributed by atoms with Gasteiger partial charge in [-0.2, -0.15) is 8.75 Å². The molecule has 0 aliphatic carbocycles. The van der Waals surface area contributed by atoms with Crippen molar-refractivity contribution < 1.29 is 19.4 Å². The van der Waals surface area contributed by atoms with Gasteiger partial charge >= 0.3 is 5.97 Å². The van der Waals surface area contributed by atoms with Crippen LogP contribution in [0.4, 0.5) is 0 Å². The van der Waals surface area contributed by atoms with E-state index in [1.54, 1.807) is 30.1 Å². The van der Waals surface area contributed by atoms with E-state index < -0.39 is 12.0 Å². The van der Waals surface area contributed by atoms with Crippen molar-refractivity contribution in [1.29, 1.82) is 0 Å². The molecular formula is C18H17N3O4S. The van der Waals surface area contributed by atoms with Crippen molar-refractivity contribution in [2.75, 3.05) is 20.3 Å². The third-order valence-electron chi connectivity index (χ3n) is 4.31. The van der Waals surface area contributed by atoms with Crippen LogP contribution in [0.2, 0.25) is 0 Å². The first kappa shape index (κ1) is 16.7. The molecule has 1 aliphatic rings. The fourth-order valence-corrected chi connectivity index (χ4v) is 3.64. The summed E-state index contributed by atoms with van der Waals surface area (Å²) >= 11 is 1.17. The van der Waals surface area contributed by atoms with Crippen LogP contribution in [-0.2, 0) is 11.3 Å². The highest BCUT2D eigenvalue weighted by molar-refractivity contribution is 7.00. The number of rotatable bonds is 5. The first-order chi connectivity index (χ1) is 12.6. The number of nitrogens with zero attached hydrogens (tertiary/aromatic N) is 3. The number of aromatic nitrogens is 2. The average Bonchev–Trinajstić information content (AvgIpc) is 3.09. The molecular weight excluding hydrogens is 354 g/mol. The summed E-state index contributed by atoms with van der Waals surface area (Å²) in [6.07, 6.45) is 0. The normalized spacial score (nSPS) is 14.5. The van der Waals surface area contributed by atoms with Crippen LogP contribution in [-0.4, -0.2) is 45.0 Å². The summed E-state index contributed by atoms with van der Waals surface area (Å²) in [6, 6.07) is 10.3. The number of aliphatic carboxylic acids is 1. The molecule has 0 unspecified atom stereocenters. The monoisotopic (exact) mass is 371 g/mol. The molecule has 2 heterocycles. The molecule has 0 spiro atoms. The molecule has 0 saturated carbocycles. The third-order valence-corrected chi connectivity index (χ3v) is 4.86. The Bertz CT molecular complexity index is 959. The standard InChI is InChI=1S/C18H17N3O4S/c1-21(10-11-2-4-13-14(8-11)20-26-19-13)17(18(22)23)12-3-5-15-16(9-12)25-7-6-24-15/h2-5,8-9,17H,6-7,10H2,1H3,(H,22,23)/t17-/m0/s1. The number of hydrogen-bond donors (Lipinski definition) is 1. The summed E-state index contributed by atoms with van der Waals surface area (Å²) in [4.78, 5) is 13.7. The van der Waals surface area contributed by atoms with E-state index in [-0.39, 0.29) is 0 Å². The van der Waals surface area contributed by atoms with E-state index in [1.807, 2.05) is 18.2 Å². The predicted octanol–water partition coefficient (Wildman–Crippen LogP) is 2.72. The Balaban J connectivity index is 1.60. The molecule has 1 atom stereocenters. The molecule has 0 fully saturated rings. The first-order valence-corrected chi connectivity index (χ1v) is 8.88. The van der Waals surface area contributed by atoms with E-state index in [2.05, 4.69) is 8.75 Å². The number of ether oxygens (including phenoxy) is 2. The molecule has 1 aromatic heterocycles. The minimum atomic E-state index is -0.916. The zero-order valence-electron chi connectivity index (χ0n) is 14.1. The second kappa shape index (κ2) is 6.89. The molecule has 0 bridgehead atoms. The SMILES string of the molecule is CN(Cc1ccc2nsnc2c1)[C@H](C(=O)O)c1ccc2c(c1)OCCO2. The lowest BCUT2D eigenvalue weighted by Crippen LogP contribution is -2.30. The van der Waals surface area contributed by atoms with Crippen LogP contribution in [0, 0.1) is 0 Å². The molecule has 1 N–H and O–H groups in total. The van der Waals surface area contributed by atoms with Gasteiger partial charge in [0.25, 0.3) is 0 Å². The van der Waals surface area contributed by atoms with Crippen molar-refractivity contribution in [2.45, 2.75) is 12.6 Å². The zero-order chi connectivity index (χ0) is 18.1. The second-order valence-electron chi connectivity index (χ2n) is 6.15. The molecule has 0 saturated heterocycles. The minimum absolute atomic E-state index is 0.464. The van der Waals surface area contributed by atoms with Crippen molar-refractivity contribution in [2.24, 2.45) is 0 Å². The fraction of sp³-hybridized carbons (Fsp3) is 0.278. The van der Waals surface area contributed by atoms with E-state index in [0.717, 1.165) is 16.6 Å². The fourth-order valence-electron chi connectivity index (χ4n) is 3.12. The van der Waals surface area contributed by atoms with Crippen LogP contribution in [0.1, 0.15) is 17.2 Å². The van der Waals surface area contributed by atoms with Crippen molar-refractivity contribution in [3.63, 3.8) is 0 Å². The Labute approximate surface area is 154 Å². The highest BCUT2D eigenvalue weighted by atomic mass is 32.1. The van der Waals surface area contributed by atoms with Crippen LogP contribution in [0.3, 0.4) is 0 Å². The van der Waals surface area contributed by atoms with Crippen LogP contribution >= 0.6 is 11.7 Å². The lowest BCUT2D eigenvalue weighted by atomic mass is 10.0.